The highest BCUT2D eigenvalue weighted by molar-refractivity contribution is 5.75. The standard InChI is InChI=1S/C21H23N3O2/c1-16-8-5-6-12-18(16)21-24-23-20(26-21)14-13-19(25)22-15-7-11-17-9-3-2-4-10-17/h2-6,8-10,12H,7,11,13-15H2,1H3,(H,22,25). The number of rotatable bonds is 8. The highest BCUT2D eigenvalue weighted by Gasteiger charge is 2.11. The predicted molar refractivity (Wildman–Crippen MR) is 101 cm³/mol. The molecule has 0 unspecified atom stereocenters. The van der Waals surface area contributed by atoms with Crippen LogP contribution in [0.2, 0.25) is 0 Å². The maximum Gasteiger partial charge on any atom is 0.247 e. The normalized spacial score (nSPS) is 10.7. The Morgan fingerprint density at radius 2 is 1.77 bits per heavy atom. The summed E-state index contributed by atoms with van der Waals surface area (Å²) in [5.41, 5.74) is 3.30. The quantitative estimate of drug-likeness (QED) is 0.629. The van der Waals surface area contributed by atoms with Crippen molar-refractivity contribution >= 4 is 5.91 Å². The average molecular weight is 349 g/mol. The van der Waals surface area contributed by atoms with Crippen LogP contribution in [-0.2, 0) is 17.6 Å². The lowest BCUT2D eigenvalue weighted by Gasteiger charge is -2.04. The smallest absolute Gasteiger partial charge is 0.247 e. The van der Waals surface area contributed by atoms with Crippen LogP contribution in [0.5, 0.6) is 0 Å². The second kappa shape index (κ2) is 8.94. The molecule has 3 aromatic rings. The molecule has 0 saturated carbocycles. The predicted octanol–water partition coefficient (Wildman–Crippen LogP) is 3.73. The third-order valence-corrected chi connectivity index (χ3v) is 4.22. The van der Waals surface area contributed by atoms with Crippen molar-refractivity contribution < 1.29 is 9.21 Å². The minimum absolute atomic E-state index is 0.00806. The van der Waals surface area contributed by atoms with E-state index in [0.717, 1.165) is 24.0 Å². The Kier molecular flexibility index (Phi) is 6.14. The Hall–Kier alpha value is -2.95. The van der Waals surface area contributed by atoms with Crippen molar-refractivity contribution in [1.82, 2.24) is 15.5 Å². The largest absolute Gasteiger partial charge is 0.421 e. The Morgan fingerprint density at radius 3 is 2.58 bits per heavy atom. The van der Waals surface area contributed by atoms with Gasteiger partial charge in [0.15, 0.2) is 0 Å². The molecule has 1 N–H and O–H groups in total. The maximum atomic E-state index is 12.0. The van der Waals surface area contributed by atoms with Crippen LogP contribution in [0, 0.1) is 6.92 Å². The molecule has 26 heavy (non-hydrogen) atoms. The molecule has 0 aliphatic rings. The maximum absolute atomic E-state index is 12.0. The fourth-order valence-electron chi connectivity index (χ4n) is 2.75. The molecule has 0 aliphatic carbocycles. The molecule has 0 atom stereocenters. The molecular weight excluding hydrogens is 326 g/mol. The van der Waals surface area contributed by atoms with E-state index in [9.17, 15) is 4.79 Å². The van der Waals surface area contributed by atoms with Gasteiger partial charge >= 0.3 is 0 Å². The Morgan fingerprint density at radius 1 is 1.00 bits per heavy atom. The van der Waals surface area contributed by atoms with Crippen molar-refractivity contribution in [1.29, 1.82) is 0 Å². The zero-order valence-corrected chi connectivity index (χ0v) is 14.9. The van der Waals surface area contributed by atoms with Crippen LogP contribution in [0.15, 0.2) is 59.0 Å². The van der Waals surface area contributed by atoms with Gasteiger partial charge in [0, 0.05) is 24.9 Å². The lowest BCUT2D eigenvalue weighted by molar-refractivity contribution is -0.121. The van der Waals surface area contributed by atoms with Gasteiger partial charge in [-0.2, -0.15) is 0 Å². The van der Waals surface area contributed by atoms with Crippen LogP contribution >= 0.6 is 0 Å². The first-order valence-electron chi connectivity index (χ1n) is 8.91. The van der Waals surface area contributed by atoms with Crippen LogP contribution in [0.1, 0.15) is 29.9 Å². The van der Waals surface area contributed by atoms with Crippen molar-refractivity contribution in [3.05, 3.63) is 71.6 Å². The van der Waals surface area contributed by atoms with Gasteiger partial charge in [-0.25, -0.2) is 0 Å². The van der Waals surface area contributed by atoms with Gasteiger partial charge in [-0.3, -0.25) is 4.79 Å². The van der Waals surface area contributed by atoms with E-state index >= 15 is 0 Å². The molecule has 5 nitrogen and oxygen atoms in total. The van der Waals surface area contributed by atoms with Crippen molar-refractivity contribution in [3.63, 3.8) is 0 Å². The van der Waals surface area contributed by atoms with Crippen molar-refractivity contribution in [2.24, 2.45) is 0 Å². The molecule has 1 amide bonds. The summed E-state index contributed by atoms with van der Waals surface area (Å²) >= 11 is 0. The molecule has 0 radical (unpaired) electrons. The zero-order valence-electron chi connectivity index (χ0n) is 14.9. The van der Waals surface area contributed by atoms with Gasteiger partial charge in [0.1, 0.15) is 0 Å². The second-order valence-corrected chi connectivity index (χ2v) is 6.25. The van der Waals surface area contributed by atoms with Crippen molar-refractivity contribution in [2.45, 2.75) is 32.6 Å². The van der Waals surface area contributed by atoms with E-state index < -0.39 is 0 Å². The highest BCUT2D eigenvalue weighted by Crippen LogP contribution is 2.21. The van der Waals surface area contributed by atoms with Crippen LogP contribution < -0.4 is 5.32 Å². The van der Waals surface area contributed by atoms with E-state index in [1.807, 2.05) is 49.4 Å². The van der Waals surface area contributed by atoms with Gasteiger partial charge in [0.2, 0.25) is 17.7 Å². The van der Waals surface area contributed by atoms with Crippen LogP contribution in [0.4, 0.5) is 0 Å². The second-order valence-electron chi connectivity index (χ2n) is 6.25. The van der Waals surface area contributed by atoms with Gasteiger partial charge in [0.05, 0.1) is 0 Å². The van der Waals surface area contributed by atoms with Crippen LogP contribution in [0.3, 0.4) is 0 Å². The molecule has 0 fully saturated rings. The fraction of sp³-hybridized carbons (Fsp3) is 0.286. The first-order valence-corrected chi connectivity index (χ1v) is 8.91. The molecule has 3 rings (SSSR count). The SMILES string of the molecule is Cc1ccccc1-c1nnc(CCC(=O)NCCCc2ccccc2)o1. The van der Waals surface area contributed by atoms with E-state index in [-0.39, 0.29) is 5.91 Å². The summed E-state index contributed by atoms with van der Waals surface area (Å²) in [6.45, 7) is 2.67. The summed E-state index contributed by atoms with van der Waals surface area (Å²) in [7, 11) is 0. The summed E-state index contributed by atoms with van der Waals surface area (Å²) in [5, 5.41) is 11.1. The number of carbonyl (C=O) groups is 1. The molecule has 1 aromatic heterocycles. The van der Waals surface area contributed by atoms with E-state index in [1.165, 1.54) is 5.56 Å². The molecule has 1 heterocycles. The number of carbonyl (C=O) groups excluding carboxylic acids is 1. The first kappa shape index (κ1) is 17.9. The topological polar surface area (TPSA) is 68.0 Å². The minimum Gasteiger partial charge on any atom is -0.421 e. The summed E-state index contributed by atoms with van der Waals surface area (Å²) in [4.78, 5) is 12.0. The minimum atomic E-state index is 0.00806. The highest BCUT2D eigenvalue weighted by atomic mass is 16.4. The number of hydrogen-bond acceptors (Lipinski definition) is 4. The van der Waals surface area contributed by atoms with E-state index in [4.69, 9.17) is 4.42 Å². The number of hydrogen-bond donors (Lipinski definition) is 1. The summed E-state index contributed by atoms with van der Waals surface area (Å²) in [5.74, 6) is 0.998. The Balaban J connectivity index is 1.40. The molecule has 0 bridgehead atoms. The van der Waals surface area contributed by atoms with Gasteiger partial charge in [-0.05, 0) is 37.0 Å². The van der Waals surface area contributed by atoms with Gasteiger partial charge < -0.3 is 9.73 Å². The third kappa shape index (κ3) is 5.02. The van der Waals surface area contributed by atoms with Crippen molar-refractivity contribution in [3.8, 4) is 11.5 Å². The van der Waals surface area contributed by atoms with Gasteiger partial charge in [-0.1, -0.05) is 48.5 Å². The molecule has 5 heteroatoms. The number of aromatic nitrogens is 2. The number of aryl methyl sites for hydroxylation is 3. The lowest BCUT2D eigenvalue weighted by Crippen LogP contribution is -2.25. The zero-order chi connectivity index (χ0) is 18.2. The van der Waals surface area contributed by atoms with Crippen LogP contribution in [0.25, 0.3) is 11.5 Å². The molecule has 0 saturated heterocycles. The monoisotopic (exact) mass is 349 g/mol. The lowest BCUT2D eigenvalue weighted by atomic mass is 10.1. The third-order valence-electron chi connectivity index (χ3n) is 4.22. The molecule has 0 spiro atoms. The number of nitrogens with one attached hydrogen (secondary N) is 1. The Labute approximate surface area is 153 Å². The van der Waals surface area contributed by atoms with Gasteiger partial charge in [-0.15, -0.1) is 10.2 Å². The van der Waals surface area contributed by atoms with Crippen LogP contribution in [-0.4, -0.2) is 22.6 Å². The fourth-order valence-corrected chi connectivity index (χ4v) is 2.75. The average Bonchev–Trinajstić information content (AvgIpc) is 3.13. The summed E-state index contributed by atoms with van der Waals surface area (Å²) in [6.07, 6.45) is 2.68. The molecule has 134 valence electrons. The molecule has 0 aliphatic heterocycles. The molecular formula is C21H23N3O2. The van der Waals surface area contributed by atoms with E-state index in [0.29, 0.717) is 31.2 Å². The van der Waals surface area contributed by atoms with E-state index in [2.05, 4.69) is 27.6 Å². The van der Waals surface area contributed by atoms with Crippen molar-refractivity contribution in [2.75, 3.05) is 6.54 Å². The van der Waals surface area contributed by atoms with Gasteiger partial charge in [0.25, 0.3) is 0 Å². The first-order chi connectivity index (χ1) is 12.7. The summed E-state index contributed by atoms with van der Waals surface area (Å²) in [6, 6.07) is 18.1. The summed E-state index contributed by atoms with van der Waals surface area (Å²) < 4.78 is 5.68. The Bertz CT molecular complexity index is 843. The van der Waals surface area contributed by atoms with E-state index in [1.54, 1.807) is 0 Å². The number of benzene rings is 2. The number of nitrogens with zero attached hydrogens (tertiary/aromatic N) is 2. The number of amides is 1. The molecule has 2 aromatic carbocycles.